The molecule has 26 heavy (non-hydrogen) atoms. The fourth-order valence-corrected chi connectivity index (χ4v) is 3.01. The van der Waals surface area contributed by atoms with E-state index in [0.29, 0.717) is 25.6 Å². The highest BCUT2D eigenvalue weighted by Crippen LogP contribution is 2.25. The van der Waals surface area contributed by atoms with Gasteiger partial charge in [-0.25, -0.2) is 15.0 Å². The van der Waals surface area contributed by atoms with Crippen LogP contribution in [0.4, 0.5) is 11.6 Å². The van der Waals surface area contributed by atoms with Crippen LogP contribution in [0.25, 0.3) is 0 Å². The number of anilines is 2. The number of pyridine rings is 1. The van der Waals surface area contributed by atoms with Gasteiger partial charge < -0.3 is 14.5 Å². The molecule has 1 saturated heterocycles. The Bertz CT molecular complexity index is 852. The maximum atomic E-state index is 5.73. The summed E-state index contributed by atoms with van der Waals surface area (Å²) in [6.07, 6.45) is 3.50. The molecule has 0 aromatic carbocycles. The standard InChI is InChI=1S/C19H21N5O2/c1-14-5-6-15(26-14)12-24-10-11-25-13-16(24)19-21-9-7-18(23-19)22-17-4-2-3-8-20-17/h2-9,16H,10-13H2,1H3,(H,20,21,22,23)/t16-/m0/s1. The molecule has 1 aliphatic rings. The molecule has 0 amide bonds. The third kappa shape index (κ3) is 3.89. The van der Waals surface area contributed by atoms with Gasteiger partial charge in [0.1, 0.15) is 29.0 Å². The van der Waals surface area contributed by atoms with E-state index in [4.69, 9.17) is 9.15 Å². The van der Waals surface area contributed by atoms with E-state index in [1.54, 1.807) is 12.4 Å². The number of nitrogens with one attached hydrogen (secondary N) is 1. The van der Waals surface area contributed by atoms with Crippen LogP contribution in [0.2, 0.25) is 0 Å². The number of nitrogens with zero attached hydrogens (tertiary/aromatic N) is 4. The van der Waals surface area contributed by atoms with Crippen LogP contribution in [0.1, 0.15) is 23.4 Å². The third-order valence-electron chi connectivity index (χ3n) is 4.29. The van der Waals surface area contributed by atoms with E-state index in [9.17, 15) is 0 Å². The number of rotatable bonds is 5. The Kier molecular flexibility index (Phi) is 4.90. The summed E-state index contributed by atoms with van der Waals surface area (Å²) < 4.78 is 11.4. The molecule has 1 N–H and O–H groups in total. The number of aryl methyl sites for hydroxylation is 1. The summed E-state index contributed by atoms with van der Waals surface area (Å²) in [4.78, 5) is 15.7. The predicted octanol–water partition coefficient (Wildman–Crippen LogP) is 3.09. The number of furan rings is 1. The zero-order chi connectivity index (χ0) is 17.8. The zero-order valence-electron chi connectivity index (χ0n) is 14.6. The molecule has 7 nitrogen and oxygen atoms in total. The first kappa shape index (κ1) is 16.7. The molecule has 0 unspecified atom stereocenters. The van der Waals surface area contributed by atoms with Gasteiger partial charge in [-0.3, -0.25) is 4.90 Å². The van der Waals surface area contributed by atoms with Crippen molar-refractivity contribution in [2.45, 2.75) is 19.5 Å². The minimum atomic E-state index is -0.0142. The van der Waals surface area contributed by atoms with Gasteiger partial charge in [-0.1, -0.05) is 6.07 Å². The van der Waals surface area contributed by atoms with Crippen molar-refractivity contribution in [3.05, 3.63) is 66.1 Å². The third-order valence-corrected chi connectivity index (χ3v) is 4.29. The minimum absolute atomic E-state index is 0.0142. The van der Waals surface area contributed by atoms with Crippen molar-refractivity contribution in [1.82, 2.24) is 19.9 Å². The smallest absolute Gasteiger partial charge is 0.150 e. The van der Waals surface area contributed by atoms with Crippen molar-refractivity contribution < 1.29 is 9.15 Å². The topological polar surface area (TPSA) is 76.3 Å². The first-order chi connectivity index (χ1) is 12.8. The summed E-state index contributed by atoms with van der Waals surface area (Å²) in [6.45, 7) is 4.74. The second-order valence-corrected chi connectivity index (χ2v) is 6.21. The summed E-state index contributed by atoms with van der Waals surface area (Å²) in [6, 6.07) is 11.5. The number of hydrogen-bond acceptors (Lipinski definition) is 7. The van der Waals surface area contributed by atoms with Gasteiger partial charge >= 0.3 is 0 Å². The van der Waals surface area contributed by atoms with Crippen molar-refractivity contribution in [3.8, 4) is 0 Å². The Hall–Kier alpha value is -2.77. The van der Waals surface area contributed by atoms with E-state index in [0.717, 1.165) is 29.7 Å². The summed E-state index contributed by atoms with van der Waals surface area (Å²) in [5.41, 5.74) is 0. The van der Waals surface area contributed by atoms with Crippen LogP contribution in [-0.2, 0) is 11.3 Å². The van der Waals surface area contributed by atoms with Crippen LogP contribution >= 0.6 is 0 Å². The first-order valence-corrected chi connectivity index (χ1v) is 8.66. The maximum Gasteiger partial charge on any atom is 0.150 e. The molecule has 0 radical (unpaired) electrons. The predicted molar refractivity (Wildman–Crippen MR) is 97.0 cm³/mol. The first-order valence-electron chi connectivity index (χ1n) is 8.66. The highest BCUT2D eigenvalue weighted by Gasteiger charge is 2.28. The van der Waals surface area contributed by atoms with Gasteiger partial charge in [0.2, 0.25) is 0 Å². The minimum Gasteiger partial charge on any atom is -0.465 e. The lowest BCUT2D eigenvalue weighted by molar-refractivity contribution is -0.0186. The van der Waals surface area contributed by atoms with Gasteiger partial charge in [0.25, 0.3) is 0 Å². The maximum absolute atomic E-state index is 5.73. The highest BCUT2D eigenvalue weighted by molar-refractivity contribution is 5.50. The average molecular weight is 351 g/mol. The SMILES string of the molecule is Cc1ccc(CN2CCOC[C@H]2c2nccc(Nc3ccccn3)n2)o1. The van der Waals surface area contributed by atoms with Gasteiger partial charge in [-0.15, -0.1) is 0 Å². The van der Waals surface area contributed by atoms with E-state index in [1.165, 1.54) is 0 Å². The molecule has 4 heterocycles. The second-order valence-electron chi connectivity index (χ2n) is 6.21. The molecule has 4 rings (SSSR count). The molecule has 1 fully saturated rings. The number of aromatic nitrogens is 3. The quantitative estimate of drug-likeness (QED) is 0.757. The largest absolute Gasteiger partial charge is 0.465 e. The highest BCUT2D eigenvalue weighted by atomic mass is 16.5. The molecule has 7 heteroatoms. The molecule has 0 aliphatic carbocycles. The van der Waals surface area contributed by atoms with Crippen LogP contribution < -0.4 is 5.32 Å². The van der Waals surface area contributed by atoms with Gasteiger partial charge in [0, 0.05) is 18.9 Å². The van der Waals surface area contributed by atoms with Crippen molar-refractivity contribution >= 4 is 11.6 Å². The molecule has 3 aromatic heterocycles. The monoisotopic (exact) mass is 351 g/mol. The normalized spacial score (nSPS) is 18.0. The number of morpholine rings is 1. The Labute approximate surface area is 152 Å². The number of hydrogen-bond donors (Lipinski definition) is 1. The van der Waals surface area contributed by atoms with Crippen molar-refractivity contribution in [2.24, 2.45) is 0 Å². The fourth-order valence-electron chi connectivity index (χ4n) is 3.01. The van der Waals surface area contributed by atoms with Gasteiger partial charge in [0.15, 0.2) is 0 Å². The van der Waals surface area contributed by atoms with E-state index in [2.05, 4.69) is 25.2 Å². The summed E-state index contributed by atoms with van der Waals surface area (Å²) in [5, 5.41) is 3.21. The average Bonchev–Trinajstić information content (AvgIpc) is 3.08. The number of ether oxygens (including phenoxy) is 1. The lowest BCUT2D eigenvalue weighted by Gasteiger charge is -2.33. The Morgan fingerprint density at radius 2 is 2.08 bits per heavy atom. The lowest BCUT2D eigenvalue weighted by Crippen LogP contribution is -2.39. The molecule has 0 spiro atoms. The Morgan fingerprint density at radius 3 is 2.88 bits per heavy atom. The van der Waals surface area contributed by atoms with E-state index in [1.807, 2.05) is 43.3 Å². The lowest BCUT2D eigenvalue weighted by atomic mass is 10.2. The van der Waals surface area contributed by atoms with Crippen LogP contribution in [-0.4, -0.2) is 39.6 Å². The summed E-state index contributed by atoms with van der Waals surface area (Å²) in [7, 11) is 0. The van der Waals surface area contributed by atoms with E-state index >= 15 is 0 Å². The van der Waals surface area contributed by atoms with Crippen LogP contribution in [0, 0.1) is 6.92 Å². The fraction of sp³-hybridized carbons (Fsp3) is 0.316. The van der Waals surface area contributed by atoms with Crippen LogP contribution in [0.15, 0.2) is 53.2 Å². The van der Waals surface area contributed by atoms with Crippen molar-refractivity contribution in [1.29, 1.82) is 0 Å². The molecular formula is C19H21N5O2. The molecule has 1 atom stereocenters. The van der Waals surface area contributed by atoms with Gasteiger partial charge in [0.05, 0.1) is 25.8 Å². The molecule has 0 bridgehead atoms. The molecular weight excluding hydrogens is 330 g/mol. The van der Waals surface area contributed by atoms with E-state index in [-0.39, 0.29) is 6.04 Å². The van der Waals surface area contributed by atoms with Crippen LogP contribution in [0.3, 0.4) is 0 Å². The van der Waals surface area contributed by atoms with E-state index < -0.39 is 0 Å². The summed E-state index contributed by atoms with van der Waals surface area (Å²) in [5.74, 6) is 4.06. The van der Waals surface area contributed by atoms with Crippen molar-refractivity contribution in [3.63, 3.8) is 0 Å². The molecule has 134 valence electrons. The van der Waals surface area contributed by atoms with Crippen molar-refractivity contribution in [2.75, 3.05) is 25.1 Å². The van der Waals surface area contributed by atoms with Gasteiger partial charge in [-0.2, -0.15) is 0 Å². The van der Waals surface area contributed by atoms with Gasteiger partial charge in [-0.05, 0) is 37.3 Å². The zero-order valence-corrected chi connectivity index (χ0v) is 14.6. The Balaban J connectivity index is 1.53. The van der Waals surface area contributed by atoms with Crippen LogP contribution in [0.5, 0.6) is 0 Å². The second kappa shape index (κ2) is 7.63. The summed E-state index contributed by atoms with van der Waals surface area (Å²) >= 11 is 0. The molecule has 0 saturated carbocycles. The Morgan fingerprint density at radius 1 is 1.12 bits per heavy atom. The molecule has 3 aromatic rings. The molecule has 1 aliphatic heterocycles.